The quantitative estimate of drug-likeness (QED) is 0.711. The van der Waals surface area contributed by atoms with Crippen LogP contribution in [0.25, 0.3) is 22.2 Å². The average Bonchev–Trinajstić information content (AvgIpc) is 2.53. The summed E-state index contributed by atoms with van der Waals surface area (Å²) in [5.41, 5.74) is 2.91. The van der Waals surface area contributed by atoms with Gasteiger partial charge < -0.3 is 9.47 Å². The Bertz CT molecular complexity index is 900. The third kappa shape index (κ3) is 3.10. The lowest BCUT2D eigenvalue weighted by molar-refractivity contribution is -0.0528. The van der Waals surface area contributed by atoms with Crippen molar-refractivity contribution in [3.8, 4) is 22.8 Å². The van der Waals surface area contributed by atoms with Crippen LogP contribution < -0.4 is 9.47 Å². The molecule has 0 saturated heterocycles. The minimum absolute atomic E-state index is 0.134. The van der Waals surface area contributed by atoms with E-state index in [4.69, 9.17) is 4.74 Å². The number of halogens is 3. The molecule has 0 aliphatic carbocycles. The van der Waals surface area contributed by atoms with Gasteiger partial charge in [-0.3, -0.25) is 0 Å². The number of nitrogens with zero attached hydrogens (tertiary/aromatic N) is 2. The number of alkyl halides is 2. The maximum Gasteiger partial charge on any atom is 0.388 e. The van der Waals surface area contributed by atoms with E-state index in [-0.39, 0.29) is 11.6 Å². The van der Waals surface area contributed by atoms with Crippen LogP contribution in [0.2, 0.25) is 0 Å². The summed E-state index contributed by atoms with van der Waals surface area (Å²) in [5.74, 6) is -0.639. The number of fused-ring (bicyclic) bond motifs is 1. The molecule has 24 heavy (non-hydrogen) atoms. The van der Waals surface area contributed by atoms with Crippen molar-refractivity contribution >= 4 is 11.0 Å². The molecule has 0 aliphatic rings. The average molecular weight is 334 g/mol. The van der Waals surface area contributed by atoms with Crippen LogP contribution >= 0.6 is 0 Å². The van der Waals surface area contributed by atoms with Crippen LogP contribution in [-0.4, -0.2) is 23.7 Å². The normalized spacial score (nSPS) is 11.1. The highest BCUT2D eigenvalue weighted by molar-refractivity contribution is 5.92. The topological polar surface area (TPSA) is 44.2 Å². The van der Waals surface area contributed by atoms with Crippen LogP contribution in [0.15, 0.2) is 36.5 Å². The van der Waals surface area contributed by atoms with Crippen molar-refractivity contribution in [1.29, 1.82) is 0 Å². The van der Waals surface area contributed by atoms with E-state index in [1.807, 2.05) is 13.0 Å². The van der Waals surface area contributed by atoms with Crippen molar-refractivity contribution < 1.29 is 22.6 Å². The standard InChI is InChI=1S/C17H13F3N2O2/c1-9-5-11(10-3-4-14(23-2)12(18)7-10)16-13(6-9)22-15(8-21-16)24-17(19)20/h3-8,17H,1-2H3. The first-order valence-corrected chi connectivity index (χ1v) is 7.04. The first-order chi connectivity index (χ1) is 11.5. The fourth-order valence-electron chi connectivity index (χ4n) is 2.45. The van der Waals surface area contributed by atoms with Gasteiger partial charge in [0.1, 0.15) is 0 Å². The summed E-state index contributed by atoms with van der Waals surface area (Å²) in [6.07, 6.45) is 1.12. The Morgan fingerprint density at radius 1 is 1.12 bits per heavy atom. The van der Waals surface area contributed by atoms with Crippen LogP contribution in [0.4, 0.5) is 13.2 Å². The predicted molar refractivity (Wildman–Crippen MR) is 82.9 cm³/mol. The molecule has 0 unspecified atom stereocenters. The molecule has 3 aromatic rings. The molecule has 1 heterocycles. The molecule has 4 nitrogen and oxygen atoms in total. The summed E-state index contributed by atoms with van der Waals surface area (Å²) < 4.78 is 47.8. The number of ether oxygens (including phenoxy) is 2. The van der Waals surface area contributed by atoms with E-state index in [1.165, 1.54) is 19.2 Å². The van der Waals surface area contributed by atoms with Gasteiger partial charge in [0, 0.05) is 5.56 Å². The molecule has 1 aromatic heterocycles. The smallest absolute Gasteiger partial charge is 0.388 e. The van der Waals surface area contributed by atoms with E-state index in [0.717, 1.165) is 11.8 Å². The maximum absolute atomic E-state index is 14.0. The second kappa shape index (κ2) is 6.35. The van der Waals surface area contributed by atoms with Crippen molar-refractivity contribution in [3.63, 3.8) is 0 Å². The fourth-order valence-corrected chi connectivity index (χ4v) is 2.45. The minimum atomic E-state index is -2.98. The molecule has 0 N–H and O–H groups in total. The van der Waals surface area contributed by atoms with Gasteiger partial charge in [-0.05, 0) is 42.3 Å². The van der Waals surface area contributed by atoms with Crippen molar-refractivity contribution in [2.45, 2.75) is 13.5 Å². The summed E-state index contributed by atoms with van der Waals surface area (Å²) in [7, 11) is 1.39. The van der Waals surface area contributed by atoms with E-state index in [9.17, 15) is 13.2 Å². The molecule has 0 atom stereocenters. The summed E-state index contributed by atoms with van der Waals surface area (Å²) in [6, 6.07) is 8.07. The van der Waals surface area contributed by atoms with Gasteiger partial charge in [0.15, 0.2) is 11.6 Å². The van der Waals surface area contributed by atoms with Gasteiger partial charge in [-0.2, -0.15) is 8.78 Å². The Hall–Kier alpha value is -2.83. The second-order valence-corrected chi connectivity index (χ2v) is 5.12. The van der Waals surface area contributed by atoms with Gasteiger partial charge in [-0.25, -0.2) is 14.4 Å². The molecule has 7 heteroatoms. The van der Waals surface area contributed by atoms with E-state index < -0.39 is 12.4 Å². The van der Waals surface area contributed by atoms with Gasteiger partial charge in [0.25, 0.3) is 0 Å². The Kier molecular flexibility index (Phi) is 4.24. The largest absolute Gasteiger partial charge is 0.494 e. The molecule has 124 valence electrons. The lowest BCUT2D eigenvalue weighted by atomic mass is 10.0. The molecular formula is C17H13F3N2O2. The van der Waals surface area contributed by atoms with E-state index in [1.54, 1.807) is 12.1 Å². The first-order valence-electron chi connectivity index (χ1n) is 7.04. The Balaban J connectivity index is 2.15. The number of rotatable bonds is 4. The van der Waals surface area contributed by atoms with E-state index in [2.05, 4.69) is 14.7 Å². The van der Waals surface area contributed by atoms with Crippen LogP contribution in [0.3, 0.4) is 0 Å². The van der Waals surface area contributed by atoms with Crippen LogP contribution in [0, 0.1) is 12.7 Å². The molecule has 0 saturated carbocycles. The molecule has 0 bridgehead atoms. The van der Waals surface area contributed by atoms with Crippen LogP contribution in [-0.2, 0) is 0 Å². The van der Waals surface area contributed by atoms with Crippen molar-refractivity contribution in [2.75, 3.05) is 7.11 Å². The molecule has 0 radical (unpaired) electrons. The van der Waals surface area contributed by atoms with Gasteiger partial charge in [0.05, 0.1) is 24.3 Å². The number of hydrogen-bond acceptors (Lipinski definition) is 4. The number of hydrogen-bond donors (Lipinski definition) is 0. The van der Waals surface area contributed by atoms with Gasteiger partial charge in [-0.15, -0.1) is 0 Å². The Morgan fingerprint density at radius 2 is 1.92 bits per heavy atom. The van der Waals surface area contributed by atoms with E-state index in [0.29, 0.717) is 22.2 Å². The maximum atomic E-state index is 14.0. The zero-order chi connectivity index (χ0) is 17.3. The van der Waals surface area contributed by atoms with E-state index >= 15 is 0 Å². The third-order valence-electron chi connectivity index (χ3n) is 3.44. The zero-order valence-electron chi connectivity index (χ0n) is 12.9. The van der Waals surface area contributed by atoms with Gasteiger partial charge in [-0.1, -0.05) is 6.07 Å². The highest BCUT2D eigenvalue weighted by atomic mass is 19.3. The minimum Gasteiger partial charge on any atom is -0.494 e. The first kappa shape index (κ1) is 16.0. The van der Waals surface area contributed by atoms with Crippen LogP contribution in [0.5, 0.6) is 11.6 Å². The Morgan fingerprint density at radius 3 is 2.58 bits per heavy atom. The molecule has 0 spiro atoms. The predicted octanol–water partition coefficient (Wildman–Crippen LogP) is 4.35. The molecular weight excluding hydrogens is 321 g/mol. The molecule has 2 aromatic carbocycles. The number of methoxy groups -OCH3 is 1. The van der Waals surface area contributed by atoms with Gasteiger partial charge in [0.2, 0.25) is 5.88 Å². The lowest BCUT2D eigenvalue weighted by Gasteiger charge is -2.10. The lowest BCUT2D eigenvalue weighted by Crippen LogP contribution is -2.04. The SMILES string of the molecule is COc1ccc(-c2cc(C)cc3nc(OC(F)F)cnc23)cc1F. The highest BCUT2D eigenvalue weighted by Crippen LogP contribution is 2.31. The second-order valence-electron chi connectivity index (χ2n) is 5.12. The zero-order valence-corrected chi connectivity index (χ0v) is 12.9. The molecule has 0 aliphatic heterocycles. The number of aromatic nitrogens is 2. The third-order valence-corrected chi connectivity index (χ3v) is 3.44. The fraction of sp³-hybridized carbons (Fsp3) is 0.176. The van der Waals surface area contributed by atoms with Gasteiger partial charge >= 0.3 is 6.61 Å². The molecule has 0 fully saturated rings. The summed E-state index contributed by atoms with van der Waals surface area (Å²) in [6.45, 7) is -1.15. The summed E-state index contributed by atoms with van der Waals surface area (Å²) in [5, 5.41) is 0. The van der Waals surface area contributed by atoms with Crippen molar-refractivity contribution in [3.05, 3.63) is 47.9 Å². The molecule has 0 amide bonds. The number of aryl methyl sites for hydroxylation is 1. The highest BCUT2D eigenvalue weighted by Gasteiger charge is 2.13. The van der Waals surface area contributed by atoms with Crippen LogP contribution in [0.1, 0.15) is 5.56 Å². The van der Waals surface area contributed by atoms with Crippen molar-refractivity contribution in [2.24, 2.45) is 0 Å². The summed E-state index contributed by atoms with van der Waals surface area (Å²) >= 11 is 0. The Labute approximate surface area is 135 Å². The number of benzene rings is 2. The van der Waals surface area contributed by atoms with Crippen molar-refractivity contribution in [1.82, 2.24) is 9.97 Å². The monoisotopic (exact) mass is 334 g/mol. The summed E-state index contributed by atoms with van der Waals surface area (Å²) in [4.78, 5) is 8.18. The molecule has 3 rings (SSSR count).